The van der Waals surface area contributed by atoms with Crippen molar-refractivity contribution in [2.75, 3.05) is 34.3 Å². The van der Waals surface area contributed by atoms with Crippen LogP contribution in [0.3, 0.4) is 0 Å². The largest absolute Gasteiger partial charge is 0.510 e. The molecule has 39 heavy (non-hydrogen) atoms. The van der Waals surface area contributed by atoms with Crippen LogP contribution in [0, 0.1) is 17.2 Å². The fraction of sp³-hybridized carbons (Fsp3) is 0.536. The Hall–Kier alpha value is -3.41. The molecule has 11 nitrogen and oxygen atoms in total. The molecule has 212 valence electrons. The van der Waals surface area contributed by atoms with Crippen LogP contribution in [0.5, 0.6) is 11.5 Å². The van der Waals surface area contributed by atoms with E-state index in [1.165, 1.54) is 13.2 Å². The number of phenolic OH excluding ortho intramolecular Hbond substituents is 1. The van der Waals surface area contributed by atoms with Gasteiger partial charge in [-0.3, -0.25) is 19.4 Å². The lowest BCUT2D eigenvalue weighted by atomic mass is 9.58. The van der Waals surface area contributed by atoms with Crippen molar-refractivity contribution in [2.24, 2.45) is 17.6 Å². The molecular weight excluding hydrogens is 504 g/mol. The molecule has 0 radical (unpaired) electrons. The molecule has 3 aliphatic rings. The first-order valence-electron chi connectivity index (χ1n) is 13.2. The Labute approximate surface area is 227 Å². The summed E-state index contributed by atoms with van der Waals surface area (Å²) < 4.78 is 5.78. The number of methoxy groups -OCH3 is 1. The molecule has 0 heterocycles. The van der Waals surface area contributed by atoms with Gasteiger partial charge in [-0.1, -0.05) is 13.8 Å². The maximum Gasteiger partial charge on any atom is 0.254 e. The zero-order valence-electron chi connectivity index (χ0n) is 23.0. The van der Waals surface area contributed by atoms with E-state index >= 15 is 0 Å². The second kappa shape index (κ2) is 10.3. The number of ether oxygens (including phenoxy) is 1. The number of carbonyl (C=O) groups is 2. The highest BCUT2D eigenvalue weighted by Crippen LogP contribution is 2.53. The summed E-state index contributed by atoms with van der Waals surface area (Å²) in [6.07, 6.45) is 1.28. The molecule has 0 bridgehead atoms. The molecule has 4 atom stereocenters. The summed E-state index contributed by atoms with van der Waals surface area (Å²) >= 11 is 0. The summed E-state index contributed by atoms with van der Waals surface area (Å²) in [5, 5.41) is 53.9. The van der Waals surface area contributed by atoms with Gasteiger partial charge in [0.25, 0.3) is 5.91 Å². The summed E-state index contributed by atoms with van der Waals surface area (Å²) in [6, 6.07) is 0.545. The van der Waals surface area contributed by atoms with Crippen LogP contribution in [-0.2, 0) is 17.8 Å². The number of rotatable bonds is 8. The number of fused-ring (bicyclic) bond motifs is 3. The highest BCUT2D eigenvalue weighted by atomic mass is 16.5. The van der Waals surface area contributed by atoms with Crippen LogP contribution in [0.25, 0.3) is 0 Å². The number of nitrogens with zero attached hydrogens (tertiary/aromatic N) is 2. The number of ketones is 1. The maximum absolute atomic E-state index is 13.9. The number of amides is 1. The molecule has 11 heteroatoms. The fourth-order valence-electron chi connectivity index (χ4n) is 6.69. The molecule has 7 N–H and O–H groups in total. The number of nitrogens with two attached hydrogens (primary N) is 1. The highest BCUT2D eigenvalue weighted by molar-refractivity contribution is 6.26. The molecule has 4 rings (SSSR count). The third-order valence-electron chi connectivity index (χ3n) is 8.39. The van der Waals surface area contributed by atoms with Crippen LogP contribution in [0.15, 0.2) is 28.7 Å². The van der Waals surface area contributed by atoms with Crippen molar-refractivity contribution in [3.05, 3.63) is 45.4 Å². The van der Waals surface area contributed by atoms with Crippen molar-refractivity contribution >= 4 is 17.4 Å². The first-order chi connectivity index (χ1) is 18.3. The molecule has 1 aromatic rings. The Balaban J connectivity index is 1.90. The van der Waals surface area contributed by atoms with E-state index in [4.69, 9.17) is 15.9 Å². The first-order valence-corrected chi connectivity index (χ1v) is 13.2. The number of hydrogen-bond acceptors (Lipinski definition) is 10. The van der Waals surface area contributed by atoms with Gasteiger partial charge in [0, 0.05) is 29.2 Å². The lowest BCUT2D eigenvalue weighted by molar-refractivity contribution is -0.114. The third-order valence-corrected chi connectivity index (χ3v) is 8.39. The molecule has 0 spiro atoms. The minimum Gasteiger partial charge on any atom is -0.510 e. The van der Waals surface area contributed by atoms with Crippen molar-refractivity contribution in [3.8, 4) is 11.5 Å². The van der Waals surface area contributed by atoms with Crippen molar-refractivity contribution in [1.82, 2.24) is 9.80 Å². The number of aliphatic hydroxyl groups excluding tert-OH is 2. The van der Waals surface area contributed by atoms with Gasteiger partial charge in [-0.15, -0.1) is 0 Å². The number of primary amides is 1. The first kappa shape index (κ1) is 28.6. The third kappa shape index (κ3) is 4.19. The van der Waals surface area contributed by atoms with E-state index in [2.05, 4.69) is 11.8 Å². The van der Waals surface area contributed by atoms with Gasteiger partial charge in [-0.2, -0.15) is 0 Å². The zero-order valence-corrected chi connectivity index (χ0v) is 23.0. The van der Waals surface area contributed by atoms with Crippen molar-refractivity contribution in [1.29, 1.82) is 5.41 Å². The van der Waals surface area contributed by atoms with Gasteiger partial charge in [0.1, 0.15) is 28.6 Å². The molecule has 0 aromatic heterocycles. The highest BCUT2D eigenvalue weighted by Gasteiger charge is 2.61. The van der Waals surface area contributed by atoms with E-state index in [0.717, 1.165) is 25.1 Å². The Morgan fingerprint density at radius 3 is 2.46 bits per heavy atom. The monoisotopic (exact) mass is 542 g/mol. The Kier molecular flexibility index (Phi) is 7.54. The number of allylic oxidation sites excluding steroid dienone is 1. The number of nitrogens with one attached hydrogen (secondary N) is 1. The number of aromatic hydroxyl groups is 1. The number of likely N-dealkylation sites (N-methyl/N-ethyl adjacent to an activating group) is 1. The number of aliphatic hydroxyl groups is 3. The van der Waals surface area contributed by atoms with Gasteiger partial charge >= 0.3 is 0 Å². The van der Waals surface area contributed by atoms with Crippen molar-refractivity contribution in [2.45, 2.75) is 51.3 Å². The smallest absolute Gasteiger partial charge is 0.254 e. The van der Waals surface area contributed by atoms with Gasteiger partial charge in [0.2, 0.25) is 0 Å². The molecule has 0 unspecified atom stereocenters. The molecule has 0 saturated carbocycles. The van der Waals surface area contributed by atoms with Gasteiger partial charge in [-0.05, 0) is 58.4 Å². The van der Waals surface area contributed by atoms with Crippen LogP contribution >= 0.6 is 0 Å². The Morgan fingerprint density at radius 1 is 1.26 bits per heavy atom. The average molecular weight is 543 g/mol. The van der Waals surface area contributed by atoms with Crippen LogP contribution in [0.4, 0.5) is 0 Å². The Bertz CT molecular complexity index is 1300. The summed E-state index contributed by atoms with van der Waals surface area (Å²) in [4.78, 5) is 29.8. The summed E-state index contributed by atoms with van der Waals surface area (Å²) in [5.41, 5.74) is 2.76. The van der Waals surface area contributed by atoms with Crippen LogP contribution in [0.2, 0.25) is 0 Å². The predicted octanol–water partition coefficient (Wildman–Crippen LogP) is 1.81. The summed E-state index contributed by atoms with van der Waals surface area (Å²) in [6.45, 7) is 6.28. The molecule has 1 amide bonds. The van der Waals surface area contributed by atoms with E-state index in [1.54, 1.807) is 19.0 Å². The molecule has 1 aromatic carbocycles. The van der Waals surface area contributed by atoms with Gasteiger partial charge < -0.3 is 36.3 Å². The zero-order chi connectivity index (χ0) is 29.0. The number of phenols is 1. The lowest BCUT2D eigenvalue weighted by Crippen LogP contribution is -2.63. The van der Waals surface area contributed by atoms with E-state index in [9.17, 15) is 30.0 Å². The molecule has 0 aliphatic heterocycles. The molecular formula is C28H38N4O7. The van der Waals surface area contributed by atoms with Crippen LogP contribution < -0.4 is 10.5 Å². The topological polar surface area (TPSA) is 181 Å². The quantitative estimate of drug-likeness (QED) is 0.285. The van der Waals surface area contributed by atoms with Crippen molar-refractivity contribution < 1.29 is 34.8 Å². The summed E-state index contributed by atoms with van der Waals surface area (Å²) in [7, 11) is 4.78. The minimum atomic E-state index is -2.44. The van der Waals surface area contributed by atoms with E-state index in [-0.39, 0.29) is 29.7 Å². The molecule has 0 fully saturated rings. The number of Topliss-reactive ketones (excluding diaryl/α,β-unsaturated/α-hetero) is 1. The second-order valence-electron chi connectivity index (χ2n) is 10.8. The van der Waals surface area contributed by atoms with Crippen LogP contribution in [-0.4, -0.2) is 93.6 Å². The standard InChI is InChI=1S/C28H38N4O7/c1-6-8-32(7-2)12-14-11-17(33)19-15(24(14)39-5)9-13-10-16-21(31(3)4)23(35)20(27(30)37)25(29)28(16,38)26(36)18(13)22(19)34/h11,13,16,21,29,33,35-36,38H,6-10,12H2,1-5H3,(H2,30,37)/t13-,16-,21-,28+/m0/s1. The minimum absolute atomic E-state index is 0.0194. The number of benzene rings is 1. The summed E-state index contributed by atoms with van der Waals surface area (Å²) in [5.74, 6) is -4.36. The SMILES string of the molecule is CCCN(CC)Cc1cc(O)c2c(c1OC)C[C@H]1C[C@H]3[C@H](N(C)C)C(O)=C(C(N)=O)C(=N)[C@@]3(O)C(O)=C1C2=O. The number of hydrogen-bond donors (Lipinski definition) is 6. The van der Waals surface area contributed by atoms with Gasteiger partial charge in [-0.25, -0.2) is 0 Å². The van der Waals surface area contributed by atoms with Gasteiger partial charge in [0.05, 0.1) is 24.4 Å². The van der Waals surface area contributed by atoms with Gasteiger partial charge in [0.15, 0.2) is 11.4 Å². The molecule has 0 saturated heterocycles. The van der Waals surface area contributed by atoms with Crippen molar-refractivity contribution in [3.63, 3.8) is 0 Å². The average Bonchev–Trinajstić information content (AvgIpc) is 2.85. The van der Waals surface area contributed by atoms with Crippen LogP contribution in [0.1, 0.15) is 48.2 Å². The molecule has 3 aliphatic carbocycles. The van der Waals surface area contributed by atoms with E-state index in [0.29, 0.717) is 17.9 Å². The normalized spacial score (nSPS) is 26.6. The second-order valence-corrected chi connectivity index (χ2v) is 10.8. The number of carbonyl (C=O) groups excluding carboxylic acids is 2. The predicted molar refractivity (Wildman–Crippen MR) is 144 cm³/mol. The van der Waals surface area contributed by atoms with E-state index in [1.807, 2.05) is 6.92 Å². The lowest BCUT2D eigenvalue weighted by Gasteiger charge is -2.51. The fourth-order valence-corrected chi connectivity index (χ4v) is 6.69. The Morgan fingerprint density at radius 2 is 1.92 bits per heavy atom. The maximum atomic E-state index is 13.9. The van der Waals surface area contributed by atoms with E-state index < -0.39 is 58.0 Å².